The first-order valence-corrected chi connectivity index (χ1v) is 13.7. The summed E-state index contributed by atoms with van der Waals surface area (Å²) >= 11 is 3.09. The standard InChI is InChI=1S/C26H31F3N2O2S2/c1-16(2)31-11-10-19-23(15-31)34-22(14-18(32)7-5-4-6-12-33-3)24(19)25-30-20-13-17(26(27,28)29)8-9-21(20)35-25/h8-9,13,16H,4-7,10-12,14-15H2,1-3H3. The third-order valence-electron chi connectivity index (χ3n) is 6.48. The summed E-state index contributed by atoms with van der Waals surface area (Å²) in [6, 6.07) is 4.17. The molecule has 1 aromatic carbocycles. The quantitative estimate of drug-likeness (QED) is 0.265. The van der Waals surface area contributed by atoms with Gasteiger partial charge >= 0.3 is 6.18 Å². The monoisotopic (exact) mass is 524 g/mol. The number of nitrogens with zero attached hydrogens (tertiary/aromatic N) is 2. The minimum Gasteiger partial charge on any atom is -0.385 e. The number of methoxy groups -OCH3 is 1. The van der Waals surface area contributed by atoms with Crippen molar-refractivity contribution in [3.05, 3.63) is 39.1 Å². The first-order valence-electron chi connectivity index (χ1n) is 12.0. The van der Waals surface area contributed by atoms with Crippen LogP contribution in [0.4, 0.5) is 13.2 Å². The summed E-state index contributed by atoms with van der Waals surface area (Å²) < 4.78 is 45.5. The number of carbonyl (C=O) groups excluding carboxylic acids is 1. The summed E-state index contributed by atoms with van der Waals surface area (Å²) in [6.45, 7) is 6.82. The maximum absolute atomic E-state index is 13.2. The van der Waals surface area contributed by atoms with Crippen molar-refractivity contribution in [3.8, 4) is 10.6 Å². The van der Waals surface area contributed by atoms with Gasteiger partial charge in [0.2, 0.25) is 0 Å². The predicted molar refractivity (Wildman–Crippen MR) is 136 cm³/mol. The van der Waals surface area contributed by atoms with Crippen LogP contribution in [-0.2, 0) is 35.1 Å². The molecule has 0 saturated carbocycles. The molecule has 1 aliphatic heterocycles. The van der Waals surface area contributed by atoms with Gasteiger partial charge in [-0.05, 0) is 56.9 Å². The Bertz CT molecular complexity index is 1180. The van der Waals surface area contributed by atoms with Crippen molar-refractivity contribution in [1.82, 2.24) is 9.88 Å². The van der Waals surface area contributed by atoms with Gasteiger partial charge in [0, 0.05) is 61.0 Å². The highest BCUT2D eigenvalue weighted by Gasteiger charge is 2.32. The number of fused-ring (bicyclic) bond motifs is 2. The zero-order valence-corrected chi connectivity index (χ0v) is 22.0. The highest BCUT2D eigenvalue weighted by Crippen LogP contribution is 2.44. The molecule has 0 N–H and O–H groups in total. The van der Waals surface area contributed by atoms with Crippen molar-refractivity contribution >= 4 is 38.7 Å². The second-order valence-electron chi connectivity index (χ2n) is 9.33. The minimum atomic E-state index is -4.40. The van der Waals surface area contributed by atoms with Crippen molar-refractivity contribution in [3.63, 3.8) is 0 Å². The van der Waals surface area contributed by atoms with Gasteiger partial charge in [0.1, 0.15) is 10.8 Å². The fraction of sp³-hybridized carbons (Fsp3) is 0.538. The van der Waals surface area contributed by atoms with Gasteiger partial charge in [-0.3, -0.25) is 9.69 Å². The van der Waals surface area contributed by atoms with E-state index in [-0.39, 0.29) is 5.78 Å². The van der Waals surface area contributed by atoms with Crippen molar-refractivity contribution in [2.45, 2.75) is 71.1 Å². The Kier molecular flexibility index (Phi) is 8.30. The third kappa shape index (κ3) is 6.13. The first-order chi connectivity index (χ1) is 16.7. The number of ether oxygens (including phenoxy) is 1. The molecule has 0 spiro atoms. The van der Waals surface area contributed by atoms with E-state index in [4.69, 9.17) is 4.74 Å². The van der Waals surface area contributed by atoms with Crippen LogP contribution in [0.5, 0.6) is 0 Å². The Morgan fingerprint density at radius 3 is 2.71 bits per heavy atom. The molecule has 35 heavy (non-hydrogen) atoms. The van der Waals surface area contributed by atoms with Gasteiger partial charge in [-0.2, -0.15) is 13.2 Å². The number of Topliss-reactive ketones (excluding diaryl/α,β-unsaturated/α-hetero) is 1. The van der Waals surface area contributed by atoms with Crippen molar-refractivity contribution in [1.29, 1.82) is 0 Å². The molecular weight excluding hydrogens is 493 g/mol. The van der Waals surface area contributed by atoms with Gasteiger partial charge in [0.05, 0.1) is 15.8 Å². The van der Waals surface area contributed by atoms with E-state index >= 15 is 0 Å². The Morgan fingerprint density at radius 1 is 1.20 bits per heavy atom. The molecule has 9 heteroatoms. The van der Waals surface area contributed by atoms with Crippen LogP contribution >= 0.6 is 22.7 Å². The van der Waals surface area contributed by atoms with E-state index in [0.717, 1.165) is 71.1 Å². The molecule has 4 nitrogen and oxygen atoms in total. The minimum absolute atomic E-state index is 0.198. The molecule has 3 aromatic rings. The Morgan fingerprint density at radius 2 is 2.00 bits per heavy atom. The fourth-order valence-electron chi connectivity index (χ4n) is 4.52. The van der Waals surface area contributed by atoms with Crippen LogP contribution in [-0.4, -0.2) is 42.0 Å². The van der Waals surface area contributed by atoms with Gasteiger partial charge in [0.15, 0.2) is 0 Å². The number of thiazole rings is 1. The van der Waals surface area contributed by atoms with E-state index in [0.29, 0.717) is 31.0 Å². The molecular formula is C26H31F3N2O2S2. The summed E-state index contributed by atoms with van der Waals surface area (Å²) in [7, 11) is 1.68. The van der Waals surface area contributed by atoms with Crippen LogP contribution < -0.4 is 0 Å². The van der Waals surface area contributed by atoms with E-state index in [9.17, 15) is 18.0 Å². The smallest absolute Gasteiger partial charge is 0.385 e. The maximum atomic E-state index is 13.2. The molecule has 1 aliphatic rings. The van der Waals surface area contributed by atoms with Crippen LogP contribution in [0, 0.1) is 0 Å². The number of hydrogen-bond donors (Lipinski definition) is 0. The predicted octanol–water partition coefficient (Wildman–Crippen LogP) is 7.13. The Hall–Kier alpha value is -1.81. The molecule has 0 radical (unpaired) electrons. The first kappa shape index (κ1) is 26.3. The van der Waals surface area contributed by atoms with Crippen molar-refractivity contribution in [2.75, 3.05) is 20.3 Å². The van der Waals surface area contributed by atoms with Crippen LogP contribution in [0.2, 0.25) is 0 Å². The van der Waals surface area contributed by atoms with E-state index in [1.54, 1.807) is 18.4 Å². The summed E-state index contributed by atoms with van der Waals surface area (Å²) in [5, 5.41) is 0.720. The average molecular weight is 525 g/mol. The largest absolute Gasteiger partial charge is 0.416 e. The lowest BCUT2D eigenvalue weighted by atomic mass is 9.99. The number of unbranched alkanes of at least 4 members (excludes halogenated alkanes) is 2. The number of halogens is 3. The van der Waals surface area contributed by atoms with Crippen molar-refractivity contribution in [2.24, 2.45) is 0 Å². The van der Waals surface area contributed by atoms with Crippen LogP contribution in [0.3, 0.4) is 0 Å². The van der Waals surface area contributed by atoms with E-state index in [1.807, 2.05) is 0 Å². The molecule has 2 aromatic heterocycles. The zero-order valence-electron chi connectivity index (χ0n) is 20.3. The fourth-order valence-corrected chi connectivity index (χ4v) is 7.04. The number of rotatable bonds is 10. The summed E-state index contributed by atoms with van der Waals surface area (Å²) in [5.74, 6) is 0.198. The van der Waals surface area contributed by atoms with E-state index in [1.165, 1.54) is 27.8 Å². The number of carbonyl (C=O) groups is 1. The number of aromatic nitrogens is 1. The van der Waals surface area contributed by atoms with Gasteiger partial charge in [-0.1, -0.05) is 6.42 Å². The number of benzene rings is 1. The van der Waals surface area contributed by atoms with Crippen LogP contribution in [0.25, 0.3) is 20.8 Å². The molecule has 0 unspecified atom stereocenters. The summed E-state index contributed by atoms with van der Waals surface area (Å²) in [5.41, 5.74) is 1.86. The second kappa shape index (κ2) is 11.1. The molecule has 190 valence electrons. The third-order valence-corrected chi connectivity index (χ3v) is 8.75. The summed E-state index contributed by atoms with van der Waals surface area (Å²) in [6.07, 6.45) is 0.0659. The molecule has 0 bridgehead atoms. The number of alkyl halides is 3. The lowest BCUT2D eigenvalue weighted by Gasteiger charge is -2.30. The topological polar surface area (TPSA) is 42.4 Å². The molecule has 4 rings (SSSR count). The Labute approximate surface area is 212 Å². The molecule has 0 aliphatic carbocycles. The highest BCUT2D eigenvalue weighted by molar-refractivity contribution is 7.22. The molecule has 0 fully saturated rings. The highest BCUT2D eigenvalue weighted by atomic mass is 32.1. The average Bonchev–Trinajstić information content (AvgIpc) is 3.37. The van der Waals surface area contributed by atoms with Crippen LogP contribution in [0.1, 0.15) is 60.4 Å². The molecule has 0 amide bonds. The van der Waals surface area contributed by atoms with E-state index < -0.39 is 11.7 Å². The summed E-state index contributed by atoms with van der Waals surface area (Å²) in [4.78, 5) is 22.2. The van der Waals surface area contributed by atoms with Gasteiger partial charge < -0.3 is 4.74 Å². The van der Waals surface area contributed by atoms with Crippen molar-refractivity contribution < 1.29 is 22.7 Å². The van der Waals surface area contributed by atoms with E-state index in [2.05, 4.69) is 23.7 Å². The Balaban J connectivity index is 1.65. The SMILES string of the molecule is COCCCCCC(=O)Cc1sc2c(c1-c1nc3cc(C(F)(F)F)ccc3s1)CCN(C(C)C)C2. The number of hydrogen-bond acceptors (Lipinski definition) is 6. The molecule has 0 atom stereocenters. The number of thiophene rings is 1. The molecule has 3 heterocycles. The normalized spacial score (nSPS) is 14.7. The maximum Gasteiger partial charge on any atom is 0.416 e. The van der Waals surface area contributed by atoms with Gasteiger partial charge in [-0.25, -0.2) is 4.98 Å². The van der Waals surface area contributed by atoms with Gasteiger partial charge in [-0.15, -0.1) is 22.7 Å². The van der Waals surface area contributed by atoms with Crippen LogP contribution in [0.15, 0.2) is 18.2 Å². The second-order valence-corrected chi connectivity index (χ2v) is 11.6. The molecule has 0 saturated heterocycles. The van der Waals surface area contributed by atoms with Gasteiger partial charge in [0.25, 0.3) is 0 Å². The lowest BCUT2D eigenvalue weighted by Crippen LogP contribution is -2.35. The number of ketones is 1. The lowest BCUT2D eigenvalue weighted by molar-refractivity contribution is -0.137. The zero-order chi connectivity index (χ0) is 25.2.